The predicted molar refractivity (Wildman–Crippen MR) is 181 cm³/mol. The number of thiazole rings is 1. The molecule has 13 heteroatoms. The minimum atomic E-state index is -0.484. The maximum Gasteiger partial charge on any atom is 0.305 e. The van der Waals surface area contributed by atoms with Crippen LogP contribution in [0.4, 0.5) is 15.8 Å². The van der Waals surface area contributed by atoms with Gasteiger partial charge in [-0.1, -0.05) is 29.0 Å². The van der Waals surface area contributed by atoms with Crippen molar-refractivity contribution in [2.75, 3.05) is 23.4 Å². The molecule has 8 rings (SSSR count). The number of hydrogen-bond donors (Lipinski definition) is 2. The first kappa shape index (κ1) is 31.2. The first-order valence-corrected chi connectivity index (χ1v) is 17.8. The molecular formula is C35H29ClFN3O6S2. The maximum absolute atomic E-state index is 14.0. The molecule has 0 spiro atoms. The van der Waals surface area contributed by atoms with E-state index in [1.54, 1.807) is 42.1 Å². The third kappa shape index (κ3) is 5.12. The third-order valence-corrected chi connectivity index (χ3v) is 12.8. The molecule has 3 heterocycles. The highest BCUT2D eigenvalue weighted by atomic mass is 35.5. The van der Waals surface area contributed by atoms with E-state index in [0.29, 0.717) is 34.5 Å². The number of nitrogens with zero attached hydrogens (tertiary/aromatic N) is 1. The molecule has 2 aliphatic carbocycles. The van der Waals surface area contributed by atoms with Crippen molar-refractivity contribution in [1.29, 1.82) is 0 Å². The van der Waals surface area contributed by atoms with Gasteiger partial charge in [0.25, 0.3) is 5.91 Å². The topological polar surface area (TPSA) is 118 Å². The summed E-state index contributed by atoms with van der Waals surface area (Å²) in [5, 5.41) is 4.15. The van der Waals surface area contributed by atoms with Gasteiger partial charge < -0.3 is 19.8 Å². The second kappa shape index (κ2) is 12.1. The lowest BCUT2D eigenvalue weighted by Gasteiger charge is -2.43. The predicted octanol–water partition coefficient (Wildman–Crippen LogP) is 6.32. The number of halogens is 2. The summed E-state index contributed by atoms with van der Waals surface area (Å²) in [5.74, 6) is -1.72. The Bertz CT molecular complexity index is 2000. The standard InChI is InChI=1S/C35H29ClFN3O6S2/c1-2-45-24-13-16(3-12-23(24)46-15-25(41)38-19-8-4-17(36)5-9-19)26-27-21-14-22(30(27)47-32-31(26)48-35(44)39-32)29-28(21)33(42)40(34(29)43)20-10-6-18(37)7-11-20/h3-13,21-22,26-30H,2,14-15H2,1H3,(H,38,41)(H,39,44)/t21-,22-,26+,27-,28+,29+,30-/m1/s1. The highest BCUT2D eigenvalue weighted by Gasteiger charge is 2.69. The van der Waals surface area contributed by atoms with Crippen LogP contribution in [-0.2, 0) is 14.4 Å². The SMILES string of the molecule is CCOc1cc([C@@H]2c3sc(=O)[nH]c3S[C@@H]3[C@@H]4C[C@@H]([C@@H]5C(=O)N(c6ccc(F)cc6)C(=O)[C@@H]45)[C@H]23)ccc1OCC(=O)Nc1ccc(Cl)cc1. The molecule has 2 bridgehead atoms. The molecular weight excluding hydrogens is 677 g/mol. The van der Waals surface area contributed by atoms with Crippen LogP contribution in [0.5, 0.6) is 11.5 Å². The van der Waals surface area contributed by atoms with E-state index < -0.39 is 17.7 Å². The van der Waals surface area contributed by atoms with E-state index in [2.05, 4.69) is 10.3 Å². The molecule has 3 amide bonds. The molecule has 1 aromatic heterocycles. The number of H-pyrrole nitrogens is 1. The molecule has 4 aromatic rings. The van der Waals surface area contributed by atoms with E-state index >= 15 is 0 Å². The Morgan fingerprint density at radius 1 is 0.979 bits per heavy atom. The van der Waals surface area contributed by atoms with Crippen molar-refractivity contribution >= 4 is 63.8 Å². The molecule has 4 aliphatic rings. The quantitative estimate of drug-likeness (QED) is 0.206. The Kier molecular flexibility index (Phi) is 7.84. The van der Waals surface area contributed by atoms with Gasteiger partial charge in [0, 0.05) is 26.8 Å². The Hall–Kier alpha value is -4.13. The van der Waals surface area contributed by atoms with Crippen LogP contribution in [0, 0.1) is 35.4 Å². The fraction of sp³-hybridized carbons (Fsp3) is 0.314. The molecule has 2 saturated carbocycles. The number of imide groups is 1. The number of hydrogen-bond acceptors (Lipinski definition) is 8. The molecule has 7 atom stereocenters. The molecule has 0 unspecified atom stereocenters. The number of fused-ring (bicyclic) bond motifs is 9. The van der Waals surface area contributed by atoms with Crippen LogP contribution in [-0.4, -0.2) is 41.2 Å². The number of ether oxygens (including phenoxy) is 2. The second-order valence-corrected chi connectivity index (χ2v) is 15.1. The van der Waals surface area contributed by atoms with Crippen molar-refractivity contribution in [2.45, 2.75) is 29.5 Å². The first-order valence-electron chi connectivity index (χ1n) is 15.7. The van der Waals surface area contributed by atoms with Crippen LogP contribution in [0.3, 0.4) is 0 Å². The summed E-state index contributed by atoms with van der Waals surface area (Å²) in [4.78, 5) is 58.1. The zero-order valence-electron chi connectivity index (χ0n) is 25.5. The van der Waals surface area contributed by atoms with Gasteiger partial charge in [0.1, 0.15) is 5.82 Å². The van der Waals surface area contributed by atoms with Crippen LogP contribution >= 0.6 is 34.7 Å². The number of rotatable bonds is 8. The number of carbonyl (C=O) groups excluding carboxylic acids is 3. The average Bonchev–Trinajstić information content (AvgIpc) is 3.81. The van der Waals surface area contributed by atoms with Gasteiger partial charge in [-0.15, -0.1) is 11.8 Å². The number of anilines is 2. The Morgan fingerprint density at radius 3 is 2.44 bits per heavy atom. The summed E-state index contributed by atoms with van der Waals surface area (Å²) < 4.78 is 25.6. The largest absolute Gasteiger partial charge is 0.490 e. The van der Waals surface area contributed by atoms with E-state index in [4.69, 9.17) is 21.1 Å². The van der Waals surface area contributed by atoms with Gasteiger partial charge in [0.05, 0.1) is 29.2 Å². The lowest BCUT2D eigenvalue weighted by Crippen LogP contribution is -2.42. The van der Waals surface area contributed by atoms with Crippen LogP contribution in [0.25, 0.3) is 0 Å². The van der Waals surface area contributed by atoms with Crippen LogP contribution < -0.4 is 24.6 Å². The first-order chi connectivity index (χ1) is 23.2. The number of thioether (sulfide) groups is 1. The van der Waals surface area contributed by atoms with Crippen LogP contribution in [0.1, 0.15) is 29.7 Å². The highest BCUT2D eigenvalue weighted by Crippen LogP contribution is 2.68. The fourth-order valence-electron chi connectivity index (χ4n) is 8.21. The van der Waals surface area contributed by atoms with E-state index in [0.717, 1.165) is 21.9 Å². The molecule has 1 saturated heterocycles. The smallest absolute Gasteiger partial charge is 0.305 e. The minimum absolute atomic E-state index is 0.00644. The number of carbonyl (C=O) groups is 3. The monoisotopic (exact) mass is 705 g/mol. The normalized spacial score (nSPS) is 26.6. The Labute approximate surface area is 287 Å². The molecule has 0 radical (unpaired) electrons. The van der Waals surface area contributed by atoms with E-state index in [-0.39, 0.29) is 58.1 Å². The van der Waals surface area contributed by atoms with Crippen molar-refractivity contribution < 1.29 is 28.2 Å². The van der Waals surface area contributed by atoms with Crippen LogP contribution in [0.15, 0.2) is 76.6 Å². The summed E-state index contributed by atoms with van der Waals surface area (Å²) in [7, 11) is 0. The van der Waals surface area contributed by atoms with Crippen molar-refractivity contribution in [3.05, 3.63) is 97.7 Å². The summed E-state index contributed by atoms with van der Waals surface area (Å²) >= 11 is 8.72. The Balaban J connectivity index is 1.10. The summed E-state index contributed by atoms with van der Waals surface area (Å²) in [6.07, 6.45) is 0.740. The number of benzene rings is 3. The third-order valence-electron chi connectivity index (χ3n) is 9.92. The molecule has 3 fully saturated rings. The van der Waals surface area contributed by atoms with Crippen molar-refractivity contribution in [2.24, 2.45) is 29.6 Å². The zero-order valence-corrected chi connectivity index (χ0v) is 27.9. The zero-order chi connectivity index (χ0) is 33.3. The molecule has 3 aromatic carbocycles. The summed E-state index contributed by atoms with van der Waals surface area (Å²) in [6, 6.07) is 17.8. The second-order valence-electron chi connectivity index (χ2n) is 12.4. The number of amides is 3. The van der Waals surface area contributed by atoms with Gasteiger partial charge in [-0.2, -0.15) is 0 Å². The van der Waals surface area contributed by atoms with E-state index in [1.165, 1.54) is 40.5 Å². The molecule has 246 valence electrons. The van der Waals surface area contributed by atoms with Gasteiger partial charge in [0.15, 0.2) is 18.1 Å². The molecule has 48 heavy (non-hydrogen) atoms. The van der Waals surface area contributed by atoms with Crippen molar-refractivity contribution in [3.8, 4) is 11.5 Å². The fourth-order valence-corrected chi connectivity index (χ4v) is 11.2. The lowest BCUT2D eigenvalue weighted by molar-refractivity contribution is -0.123. The minimum Gasteiger partial charge on any atom is -0.490 e. The molecule has 9 nitrogen and oxygen atoms in total. The van der Waals surface area contributed by atoms with Crippen molar-refractivity contribution in [3.63, 3.8) is 0 Å². The van der Waals surface area contributed by atoms with Crippen LogP contribution in [0.2, 0.25) is 5.02 Å². The number of aromatic amines is 1. The maximum atomic E-state index is 14.0. The van der Waals surface area contributed by atoms with Crippen molar-refractivity contribution in [1.82, 2.24) is 4.98 Å². The number of nitrogens with one attached hydrogen (secondary N) is 2. The highest BCUT2D eigenvalue weighted by molar-refractivity contribution is 8.00. The lowest BCUT2D eigenvalue weighted by atomic mass is 9.68. The van der Waals surface area contributed by atoms with E-state index in [1.807, 2.05) is 19.1 Å². The van der Waals surface area contributed by atoms with E-state index in [9.17, 15) is 23.6 Å². The Morgan fingerprint density at radius 2 is 1.71 bits per heavy atom. The summed E-state index contributed by atoms with van der Waals surface area (Å²) in [5.41, 5.74) is 1.88. The van der Waals surface area contributed by atoms with Gasteiger partial charge in [0.2, 0.25) is 11.8 Å². The van der Waals surface area contributed by atoms with Gasteiger partial charge in [-0.25, -0.2) is 4.39 Å². The van der Waals surface area contributed by atoms with Gasteiger partial charge in [-0.05, 0) is 97.3 Å². The molecule has 2 aliphatic heterocycles. The number of aromatic nitrogens is 1. The summed E-state index contributed by atoms with van der Waals surface area (Å²) in [6.45, 7) is 1.97. The van der Waals surface area contributed by atoms with Gasteiger partial charge >= 0.3 is 4.87 Å². The van der Waals surface area contributed by atoms with Gasteiger partial charge in [-0.3, -0.25) is 24.1 Å². The average molecular weight is 706 g/mol. The molecule has 2 N–H and O–H groups in total.